The first kappa shape index (κ1) is 46.9. The number of phosphoric acid groups is 1. The Kier molecular flexibility index (Phi) is 30.5. The van der Waals surface area contributed by atoms with Crippen LogP contribution < -0.4 is 5.32 Å². The molecule has 0 aliphatic rings. The Balaban J connectivity index is 4.22. The number of nitrogens with one attached hydrogen (secondary N) is 1. The van der Waals surface area contributed by atoms with Crippen LogP contribution in [0.5, 0.6) is 0 Å². The highest BCUT2D eigenvalue weighted by Gasteiger charge is 2.28. The predicted octanol–water partition coefficient (Wildman–Crippen LogP) is 9.68. The van der Waals surface area contributed by atoms with Crippen LogP contribution in [0.25, 0.3) is 0 Å². The van der Waals surface area contributed by atoms with E-state index in [1.54, 1.807) is 0 Å². The second-order valence-corrected chi connectivity index (χ2v) is 15.0. The molecule has 0 saturated heterocycles. The number of allylic oxidation sites excluding steroid dienone is 12. The summed E-state index contributed by atoms with van der Waals surface area (Å²) < 4.78 is 23.3. The third-order valence-corrected chi connectivity index (χ3v) is 8.70. The first-order valence-electron chi connectivity index (χ1n) is 18.8. The third-order valence-electron chi connectivity index (χ3n) is 7.72. The fourth-order valence-corrected chi connectivity index (χ4v) is 5.43. The van der Waals surface area contributed by atoms with E-state index >= 15 is 0 Å². The Morgan fingerprint density at radius 1 is 0.714 bits per heavy atom. The van der Waals surface area contributed by atoms with Gasteiger partial charge in [-0.2, -0.15) is 0 Å². The van der Waals surface area contributed by atoms with Gasteiger partial charge < -0.3 is 19.8 Å². The minimum absolute atomic E-state index is 0.0635. The van der Waals surface area contributed by atoms with Crippen LogP contribution in [0, 0.1) is 0 Å². The normalized spacial score (nSPS) is 15.5. The average Bonchev–Trinajstić information content (AvgIpc) is 3.04. The Morgan fingerprint density at radius 3 is 1.76 bits per heavy atom. The van der Waals surface area contributed by atoms with E-state index in [1.807, 2.05) is 21.1 Å². The molecular weight excluding hydrogens is 635 g/mol. The van der Waals surface area contributed by atoms with Crippen LogP contribution in [-0.4, -0.2) is 73.4 Å². The molecule has 0 radical (unpaired) electrons. The SMILES string of the molecule is CC/C=C\C/C=C\C/C=C\C/C=C\C/C=C\C/C=C\CCCCCCC(=O)NC(COP(=O)(O)OCC[N+](C)(C)C)C(O)CCCCCC. The molecule has 0 aliphatic carbocycles. The average molecular weight is 708 g/mol. The Labute approximate surface area is 300 Å². The van der Waals surface area contributed by atoms with Crippen molar-refractivity contribution in [2.45, 2.75) is 135 Å². The van der Waals surface area contributed by atoms with Crippen molar-refractivity contribution in [2.75, 3.05) is 40.9 Å². The number of unbranched alkanes of at least 4 members (excludes halogenated alkanes) is 7. The monoisotopic (exact) mass is 708 g/mol. The summed E-state index contributed by atoms with van der Waals surface area (Å²) >= 11 is 0. The van der Waals surface area contributed by atoms with Crippen molar-refractivity contribution in [3.63, 3.8) is 0 Å². The Morgan fingerprint density at radius 2 is 1.22 bits per heavy atom. The molecule has 0 rings (SSSR count). The number of hydrogen-bond acceptors (Lipinski definition) is 5. The number of carbonyl (C=O) groups is 1. The van der Waals surface area contributed by atoms with E-state index in [1.165, 1.54) is 0 Å². The Bertz CT molecular complexity index is 1030. The van der Waals surface area contributed by atoms with E-state index in [9.17, 15) is 19.4 Å². The van der Waals surface area contributed by atoms with E-state index in [-0.39, 0.29) is 19.1 Å². The summed E-state index contributed by atoms with van der Waals surface area (Å²) in [6.07, 6.45) is 41.3. The summed E-state index contributed by atoms with van der Waals surface area (Å²) in [5.74, 6) is -0.183. The first-order valence-corrected chi connectivity index (χ1v) is 20.3. The van der Waals surface area contributed by atoms with Crippen LogP contribution in [0.15, 0.2) is 72.9 Å². The molecule has 0 saturated carbocycles. The predicted molar refractivity (Wildman–Crippen MR) is 207 cm³/mol. The molecule has 0 aromatic heterocycles. The van der Waals surface area contributed by atoms with E-state index < -0.39 is 20.0 Å². The lowest BCUT2D eigenvalue weighted by Crippen LogP contribution is -2.46. The fourth-order valence-electron chi connectivity index (χ4n) is 4.69. The zero-order chi connectivity index (χ0) is 36.5. The zero-order valence-corrected chi connectivity index (χ0v) is 32.5. The maximum Gasteiger partial charge on any atom is 0.472 e. The van der Waals surface area contributed by atoms with Gasteiger partial charge in [0.15, 0.2) is 0 Å². The lowest BCUT2D eigenvalue weighted by molar-refractivity contribution is -0.870. The topological polar surface area (TPSA) is 105 Å². The molecule has 3 unspecified atom stereocenters. The van der Waals surface area contributed by atoms with Crippen molar-refractivity contribution in [2.24, 2.45) is 0 Å². The summed E-state index contributed by atoms with van der Waals surface area (Å²) in [6, 6.07) is -0.773. The summed E-state index contributed by atoms with van der Waals surface area (Å²) in [4.78, 5) is 22.8. The number of rotatable bonds is 32. The number of nitrogens with zero attached hydrogens (tertiary/aromatic N) is 1. The number of aliphatic hydroxyl groups excluding tert-OH is 1. The van der Waals surface area contributed by atoms with Crippen LogP contribution in [0.4, 0.5) is 0 Å². The van der Waals surface area contributed by atoms with Crippen LogP contribution in [0.1, 0.15) is 123 Å². The second-order valence-electron chi connectivity index (χ2n) is 13.6. The molecule has 0 aromatic rings. The van der Waals surface area contributed by atoms with Crippen molar-refractivity contribution >= 4 is 13.7 Å². The second kappa shape index (κ2) is 31.9. The van der Waals surface area contributed by atoms with Gasteiger partial charge in [0.05, 0.1) is 39.9 Å². The zero-order valence-electron chi connectivity index (χ0n) is 31.6. The molecule has 282 valence electrons. The molecule has 9 heteroatoms. The van der Waals surface area contributed by atoms with Crippen LogP contribution in [-0.2, 0) is 18.4 Å². The molecule has 49 heavy (non-hydrogen) atoms. The highest BCUT2D eigenvalue weighted by Crippen LogP contribution is 2.43. The van der Waals surface area contributed by atoms with E-state index in [0.29, 0.717) is 23.9 Å². The maximum atomic E-state index is 12.7. The minimum atomic E-state index is -4.30. The van der Waals surface area contributed by atoms with Crippen molar-refractivity contribution in [3.8, 4) is 0 Å². The molecule has 0 heterocycles. The van der Waals surface area contributed by atoms with Gasteiger partial charge in [-0.15, -0.1) is 0 Å². The van der Waals surface area contributed by atoms with Gasteiger partial charge in [0, 0.05) is 6.42 Å². The molecule has 1 amide bonds. The van der Waals surface area contributed by atoms with E-state index in [4.69, 9.17) is 9.05 Å². The fraction of sp³-hybridized carbons (Fsp3) is 0.675. The molecule has 0 spiro atoms. The third kappa shape index (κ3) is 34.2. The summed E-state index contributed by atoms with van der Waals surface area (Å²) in [7, 11) is 1.57. The largest absolute Gasteiger partial charge is 0.472 e. The highest BCUT2D eigenvalue weighted by atomic mass is 31.2. The minimum Gasteiger partial charge on any atom is -0.391 e. The summed E-state index contributed by atoms with van der Waals surface area (Å²) in [5.41, 5.74) is 0. The molecule has 0 fully saturated rings. The van der Waals surface area contributed by atoms with Gasteiger partial charge in [0.1, 0.15) is 13.2 Å². The van der Waals surface area contributed by atoms with Crippen LogP contribution in [0.2, 0.25) is 0 Å². The van der Waals surface area contributed by atoms with Crippen molar-refractivity contribution in [1.82, 2.24) is 5.32 Å². The summed E-state index contributed by atoms with van der Waals surface area (Å²) in [5, 5.41) is 13.6. The number of amides is 1. The number of likely N-dealkylation sites (N-methyl/N-ethyl adjacent to an activating group) is 1. The number of carbonyl (C=O) groups excluding carboxylic acids is 1. The highest BCUT2D eigenvalue weighted by molar-refractivity contribution is 7.47. The molecule has 8 nitrogen and oxygen atoms in total. The number of phosphoric ester groups is 1. The van der Waals surface area contributed by atoms with Crippen LogP contribution >= 0.6 is 7.82 Å². The first-order chi connectivity index (χ1) is 23.5. The molecule has 0 bridgehead atoms. The molecule has 0 aromatic carbocycles. The molecule has 3 N–H and O–H groups in total. The van der Waals surface area contributed by atoms with Gasteiger partial charge in [-0.1, -0.05) is 125 Å². The van der Waals surface area contributed by atoms with Gasteiger partial charge >= 0.3 is 7.82 Å². The van der Waals surface area contributed by atoms with Gasteiger partial charge in [-0.05, 0) is 64.2 Å². The molecule has 3 atom stereocenters. The molecule has 0 aliphatic heterocycles. The number of aliphatic hydroxyl groups is 1. The lowest BCUT2D eigenvalue weighted by Gasteiger charge is -2.26. The van der Waals surface area contributed by atoms with E-state index in [2.05, 4.69) is 92.1 Å². The molecular formula is C40H72N2O6P+. The van der Waals surface area contributed by atoms with Gasteiger partial charge in [-0.25, -0.2) is 4.57 Å². The number of hydrogen-bond donors (Lipinski definition) is 3. The standard InChI is InChI=1S/C40H71N2O6P/c1-6-8-10-12-13-14-15-16-17-18-19-20-21-22-23-24-25-26-27-28-29-30-32-34-40(44)41-38(39(43)33-31-11-9-7-2)37-48-49(45,46)47-36-35-42(3,4)5/h8,10,13-14,16-17,19-20,22-23,25-26,38-39,43H,6-7,9,11-12,15,18,21,24,27-37H2,1-5H3,(H-,41,44,45,46)/p+1/b10-8-,14-13-,17-16-,20-19-,23-22-,26-25-. The van der Waals surface area contributed by atoms with Gasteiger partial charge in [0.25, 0.3) is 0 Å². The summed E-state index contributed by atoms with van der Waals surface area (Å²) in [6.45, 7) is 4.59. The maximum absolute atomic E-state index is 12.7. The quantitative estimate of drug-likeness (QED) is 0.0278. The van der Waals surface area contributed by atoms with Crippen LogP contribution in [0.3, 0.4) is 0 Å². The van der Waals surface area contributed by atoms with Crippen molar-refractivity contribution in [3.05, 3.63) is 72.9 Å². The lowest BCUT2D eigenvalue weighted by atomic mass is 10.0. The van der Waals surface area contributed by atoms with Crippen molar-refractivity contribution in [1.29, 1.82) is 0 Å². The smallest absolute Gasteiger partial charge is 0.391 e. The number of quaternary nitrogens is 1. The van der Waals surface area contributed by atoms with E-state index in [0.717, 1.165) is 96.3 Å². The van der Waals surface area contributed by atoms with Gasteiger partial charge in [-0.3, -0.25) is 13.8 Å². The van der Waals surface area contributed by atoms with Crippen molar-refractivity contribution < 1.29 is 32.9 Å². The van der Waals surface area contributed by atoms with Gasteiger partial charge in [0.2, 0.25) is 5.91 Å². The Hall–Kier alpha value is -2.06.